The minimum atomic E-state index is -1.30. The summed E-state index contributed by atoms with van der Waals surface area (Å²) in [5, 5.41) is 0. The molecule has 2 heterocycles. The van der Waals surface area contributed by atoms with E-state index in [9.17, 15) is 14.4 Å². The van der Waals surface area contributed by atoms with E-state index in [1.807, 2.05) is 41.9 Å². The minimum Gasteiger partial charge on any atom is -0.450 e. The summed E-state index contributed by atoms with van der Waals surface area (Å²) in [5.74, 6) is 0.517. The number of hydrogen-bond acceptors (Lipinski definition) is 7. The molecule has 3 aromatic rings. The number of benzene rings is 2. The van der Waals surface area contributed by atoms with Gasteiger partial charge in [0.1, 0.15) is 17.2 Å². The Balaban J connectivity index is 1.57. The fourth-order valence-corrected chi connectivity index (χ4v) is 5.78. The average Bonchev–Trinajstić information content (AvgIpc) is 3.71. The Morgan fingerprint density at radius 2 is 1.74 bits per heavy atom. The van der Waals surface area contributed by atoms with Crippen LogP contribution in [0.3, 0.4) is 0 Å². The van der Waals surface area contributed by atoms with E-state index in [1.165, 1.54) is 4.90 Å². The summed E-state index contributed by atoms with van der Waals surface area (Å²) in [6.07, 6.45) is 4.58. The summed E-state index contributed by atoms with van der Waals surface area (Å²) in [6.45, 7) is 7.42. The molecule has 1 fully saturated rings. The van der Waals surface area contributed by atoms with Crippen LogP contribution in [0.2, 0.25) is 0 Å². The molecule has 1 aromatic heterocycles. The van der Waals surface area contributed by atoms with Gasteiger partial charge in [-0.1, -0.05) is 56.5 Å². The Morgan fingerprint density at radius 1 is 1.04 bits per heavy atom. The molecule has 0 saturated carbocycles. The first kappa shape index (κ1) is 34.4. The molecule has 1 aliphatic heterocycles. The number of ether oxygens (including phenoxy) is 2. The van der Waals surface area contributed by atoms with E-state index < -0.39 is 23.8 Å². The van der Waals surface area contributed by atoms with Crippen LogP contribution in [0.1, 0.15) is 87.9 Å². The number of carbonyl (C=O) groups is 3. The predicted octanol–water partition coefficient (Wildman–Crippen LogP) is 4.97. The Morgan fingerprint density at radius 3 is 2.39 bits per heavy atom. The molecule has 3 amide bonds. The van der Waals surface area contributed by atoms with Crippen LogP contribution in [0.4, 0.5) is 9.59 Å². The first-order chi connectivity index (χ1) is 22.0. The lowest BCUT2D eigenvalue weighted by molar-refractivity contribution is -0.141. The zero-order chi connectivity index (χ0) is 33.4. The number of aliphatic imine (C=N–C) groups is 1. The van der Waals surface area contributed by atoms with Crippen LogP contribution in [-0.4, -0.2) is 76.6 Å². The summed E-state index contributed by atoms with van der Waals surface area (Å²) < 4.78 is 12.4. The van der Waals surface area contributed by atoms with Crippen molar-refractivity contribution in [1.29, 1.82) is 0 Å². The van der Waals surface area contributed by atoms with Crippen molar-refractivity contribution in [3.8, 4) is 0 Å². The van der Waals surface area contributed by atoms with Crippen LogP contribution in [0.15, 0.2) is 47.5 Å². The third-order valence-electron chi connectivity index (χ3n) is 8.78. The summed E-state index contributed by atoms with van der Waals surface area (Å²) in [5.41, 5.74) is 14.9. The van der Waals surface area contributed by atoms with E-state index in [0.29, 0.717) is 42.2 Å². The lowest BCUT2D eigenvalue weighted by Crippen LogP contribution is -2.55. The fourth-order valence-electron chi connectivity index (χ4n) is 5.78. The standard InChI is InChI=1S/C34H47N7O5/c1-6-8-9-12-21-46-32(43)38-29(36)24-15-13-23(14-16-24)28(35)30-37-26-22-25(17-18-27(26)39(30)4)34(3,40(5)33(44)45-7-2)31(42)41-19-10-11-20-41/h13-18,22,28H,6-12,19-21,35H2,1-5H3,(H2,36,38,43). The summed E-state index contributed by atoms with van der Waals surface area (Å²) in [6, 6.07) is 12.2. The number of nitrogens with zero attached hydrogens (tertiary/aromatic N) is 5. The van der Waals surface area contributed by atoms with Gasteiger partial charge in [0.25, 0.3) is 5.91 Å². The number of imidazole rings is 1. The van der Waals surface area contributed by atoms with Gasteiger partial charge in [0.05, 0.1) is 30.3 Å². The summed E-state index contributed by atoms with van der Waals surface area (Å²) in [7, 11) is 3.48. The molecule has 12 heteroatoms. The quantitative estimate of drug-likeness (QED) is 0.161. The molecule has 2 unspecified atom stereocenters. The maximum atomic E-state index is 13.9. The van der Waals surface area contributed by atoms with Crippen LogP contribution in [0, 0.1) is 0 Å². The number of fused-ring (bicyclic) bond motifs is 1. The van der Waals surface area contributed by atoms with Gasteiger partial charge in [0, 0.05) is 32.7 Å². The Hall–Kier alpha value is -4.45. The van der Waals surface area contributed by atoms with Crippen molar-refractivity contribution >= 4 is 35.0 Å². The zero-order valence-corrected chi connectivity index (χ0v) is 27.6. The normalized spacial score (nSPS) is 15.4. The van der Waals surface area contributed by atoms with Gasteiger partial charge in [-0.15, -0.1) is 0 Å². The molecule has 12 nitrogen and oxygen atoms in total. The number of unbranched alkanes of at least 4 members (excludes halogenated alkanes) is 3. The maximum Gasteiger partial charge on any atom is 0.435 e. The minimum absolute atomic E-state index is 0.0632. The van der Waals surface area contributed by atoms with E-state index in [0.717, 1.165) is 49.6 Å². The second-order valence-electron chi connectivity index (χ2n) is 11.8. The number of carbonyl (C=O) groups excluding carboxylic acids is 3. The van der Waals surface area contributed by atoms with E-state index in [2.05, 4.69) is 11.9 Å². The number of rotatable bonds is 12. The van der Waals surface area contributed by atoms with E-state index in [4.69, 9.17) is 25.9 Å². The molecule has 4 N–H and O–H groups in total. The topological polar surface area (TPSA) is 158 Å². The Labute approximate surface area is 270 Å². The highest BCUT2D eigenvalue weighted by Gasteiger charge is 2.45. The Bertz CT molecular complexity index is 1560. The summed E-state index contributed by atoms with van der Waals surface area (Å²) >= 11 is 0. The monoisotopic (exact) mass is 633 g/mol. The largest absolute Gasteiger partial charge is 0.450 e. The first-order valence-corrected chi connectivity index (χ1v) is 16.1. The number of likely N-dealkylation sites (tertiary alicyclic amines) is 1. The van der Waals surface area contributed by atoms with Gasteiger partial charge in [0.2, 0.25) is 0 Å². The smallest absolute Gasteiger partial charge is 0.435 e. The fraction of sp³-hybridized carbons (Fsp3) is 0.500. The van der Waals surface area contributed by atoms with Crippen LogP contribution >= 0.6 is 0 Å². The van der Waals surface area contributed by atoms with Crippen molar-refractivity contribution < 1.29 is 23.9 Å². The third-order valence-corrected chi connectivity index (χ3v) is 8.78. The number of aromatic nitrogens is 2. The van der Waals surface area contributed by atoms with Gasteiger partial charge in [0.15, 0.2) is 0 Å². The van der Waals surface area contributed by atoms with Crippen LogP contribution in [-0.2, 0) is 26.9 Å². The lowest BCUT2D eigenvalue weighted by Gasteiger charge is -2.39. The highest BCUT2D eigenvalue weighted by atomic mass is 16.6. The van der Waals surface area contributed by atoms with Crippen molar-refractivity contribution in [2.45, 2.75) is 70.9 Å². The number of nitrogens with two attached hydrogens (primary N) is 2. The molecule has 46 heavy (non-hydrogen) atoms. The lowest BCUT2D eigenvalue weighted by atomic mass is 9.88. The van der Waals surface area contributed by atoms with Crippen molar-refractivity contribution in [3.05, 3.63) is 65.0 Å². The van der Waals surface area contributed by atoms with Gasteiger partial charge < -0.3 is 30.4 Å². The van der Waals surface area contributed by atoms with Gasteiger partial charge in [-0.2, -0.15) is 4.99 Å². The molecular formula is C34H47N7O5. The maximum absolute atomic E-state index is 13.9. The molecule has 2 atom stereocenters. The molecular weight excluding hydrogens is 586 g/mol. The predicted molar refractivity (Wildman–Crippen MR) is 177 cm³/mol. The number of amides is 3. The van der Waals surface area contributed by atoms with Crippen molar-refractivity contribution in [2.24, 2.45) is 23.5 Å². The van der Waals surface area contributed by atoms with E-state index >= 15 is 0 Å². The number of likely N-dealkylation sites (N-methyl/N-ethyl adjacent to an activating group) is 1. The highest BCUT2D eigenvalue weighted by molar-refractivity contribution is 6.02. The first-order valence-electron chi connectivity index (χ1n) is 16.1. The van der Waals surface area contributed by atoms with Gasteiger partial charge in [-0.05, 0) is 56.4 Å². The molecule has 1 saturated heterocycles. The van der Waals surface area contributed by atoms with Crippen LogP contribution < -0.4 is 11.5 Å². The molecule has 0 aliphatic carbocycles. The molecule has 0 spiro atoms. The van der Waals surface area contributed by atoms with Crippen LogP contribution in [0.5, 0.6) is 0 Å². The van der Waals surface area contributed by atoms with Crippen molar-refractivity contribution in [2.75, 3.05) is 33.4 Å². The Kier molecular flexibility index (Phi) is 11.4. The molecule has 2 aromatic carbocycles. The van der Waals surface area contributed by atoms with E-state index in [1.54, 1.807) is 37.9 Å². The SMILES string of the molecule is CCCCCCOC(=O)/N=C(\N)c1ccc(C(N)c2nc3cc(C(C)(C(=O)N4CCCC4)N(C)C(=O)OCC)ccc3n2C)cc1. The van der Waals surface area contributed by atoms with Crippen molar-refractivity contribution in [3.63, 3.8) is 0 Å². The van der Waals surface area contributed by atoms with Gasteiger partial charge >= 0.3 is 12.2 Å². The molecule has 1 aliphatic rings. The van der Waals surface area contributed by atoms with E-state index in [-0.39, 0.29) is 18.3 Å². The number of amidine groups is 1. The van der Waals surface area contributed by atoms with Gasteiger partial charge in [-0.3, -0.25) is 9.69 Å². The van der Waals surface area contributed by atoms with Gasteiger partial charge in [-0.25, -0.2) is 14.6 Å². The highest BCUT2D eigenvalue weighted by Crippen LogP contribution is 2.34. The molecule has 4 rings (SSSR count). The second-order valence-corrected chi connectivity index (χ2v) is 11.8. The number of hydrogen-bond donors (Lipinski definition) is 2. The second kappa shape index (κ2) is 15.2. The summed E-state index contributed by atoms with van der Waals surface area (Å²) in [4.78, 5) is 50.8. The third kappa shape index (κ3) is 7.33. The molecule has 0 bridgehead atoms. The van der Waals surface area contributed by atoms with Crippen molar-refractivity contribution in [1.82, 2.24) is 19.4 Å². The number of aryl methyl sites for hydroxylation is 1. The van der Waals surface area contributed by atoms with Crippen LogP contribution in [0.25, 0.3) is 11.0 Å². The average molecular weight is 634 g/mol. The molecule has 0 radical (unpaired) electrons. The zero-order valence-electron chi connectivity index (χ0n) is 27.6. The molecule has 248 valence electrons.